The quantitative estimate of drug-likeness (QED) is 0.366. The number of rotatable bonds is 11. The van der Waals surface area contributed by atoms with Crippen LogP contribution in [-0.4, -0.2) is 51.2 Å². The molecule has 0 atom stereocenters. The summed E-state index contributed by atoms with van der Waals surface area (Å²) in [5, 5.41) is 0. The summed E-state index contributed by atoms with van der Waals surface area (Å²) in [5.74, 6) is 0. The first kappa shape index (κ1) is 19.9. The lowest BCUT2D eigenvalue weighted by molar-refractivity contribution is 0.149. The van der Waals surface area contributed by atoms with Crippen molar-refractivity contribution < 1.29 is 9.47 Å². The molecule has 0 aliphatic carbocycles. The first-order valence-electron chi connectivity index (χ1n) is 8.62. The Bertz CT molecular complexity index is 626. The minimum atomic E-state index is 0.183. The molecule has 0 bridgehead atoms. The van der Waals surface area contributed by atoms with E-state index in [9.17, 15) is 0 Å². The topological polar surface area (TPSA) is 95.2 Å². The molecule has 6 nitrogen and oxygen atoms in total. The third-order valence-electron chi connectivity index (χ3n) is 3.52. The molecule has 0 amide bonds. The highest BCUT2D eigenvalue weighted by Crippen LogP contribution is 2.11. The molecular weight excluding hydrogens is 328 g/mol. The van der Waals surface area contributed by atoms with Gasteiger partial charge in [-0.2, -0.15) is 0 Å². The van der Waals surface area contributed by atoms with Crippen molar-refractivity contribution in [1.29, 1.82) is 0 Å². The van der Waals surface area contributed by atoms with Crippen molar-refractivity contribution in [1.82, 2.24) is 0 Å². The minimum absolute atomic E-state index is 0.183. The van der Waals surface area contributed by atoms with Gasteiger partial charge in [-0.3, -0.25) is 9.98 Å². The minimum Gasteiger partial charge on any atom is -0.365 e. The largest absolute Gasteiger partial charge is 0.365 e. The molecule has 0 heterocycles. The predicted octanol–water partition coefficient (Wildman–Crippen LogP) is 1.83. The third-order valence-corrected chi connectivity index (χ3v) is 3.52. The molecule has 0 aliphatic heterocycles. The Morgan fingerprint density at radius 2 is 1.31 bits per heavy atom. The van der Waals surface area contributed by atoms with E-state index in [-0.39, 0.29) is 13.5 Å². The van der Waals surface area contributed by atoms with Gasteiger partial charge in [0.25, 0.3) is 0 Å². The smallest absolute Gasteiger partial charge is 0.138 e. The molecule has 2 aromatic rings. The fourth-order valence-electron chi connectivity index (χ4n) is 2.36. The highest BCUT2D eigenvalue weighted by molar-refractivity contribution is 6.53. The number of benzene rings is 2. The molecule has 0 saturated heterocycles. The maximum Gasteiger partial charge on any atom is 0.138 e. The van der Waals surface area contributed by atoms with Crippen LogP contribution in [0.2, 0.25) is 0 Å². The van der Waals surface area contributed by atoms with Gasteiger partial charge in [0.15, 0.2) is 0 Å². The first-order valence-corrected chi connectivity index (χ1v) is 8.62. The maximum atomic E-state index is 5.48. The zero-order chi connectivity index (χ0) is 18.5. The van der Waals surface area contributed by atoms with Crippen molar-refractivity contribution in [3.63, 3.8) is 0 Å². The van der Waals surface area contributed by atoms with Crippen molar-refractivity contribution in [3.05, 3.63) is 71.8 Å². The lowest BCUT2D eigenvalue weighted by atomic mass is 9.99. The molecule has 6 heteroatoms. The molecule has 138 valence electrons. The Morgan fingerprint density at radius 3 is 1.85 bits per heavy atom. The normalized spacial score (nSPS) is 12.4. The molecule has 2 aromatic carbocycles. The lowest BCUT2D eigenvalue weighted by Gasteiger charge is -2.12. The summed E-state index contributed by atoms with van der Waals surface area (Å²) in [4.78, 5) is 9.38. The van der Waals surface area contributed by atoms with E-state index >= 15 is 0 Å². The molecule has 0 spiro atoms. The van der Waals surface area contributed by atoms with Gasteiger partial charge in [-0.15, -0.1) is 0 Å². The van der Waals surface area contributed by atoms with Crippen LogP contribution >= 0.6 is 0 Å². The van der Waals surface area contributed by atoms with Crippen LogP contribution in [0.5, 0.6) is 0 Å². The maximum absolute atomic E-state index is 5.48. The van der Waals surface area contributed by atoms with E-state index in [2.05, 4.69) is 4.99 Å². The number of hydrogen-bond acceptors (Lipinski definition) is 6. The molecule has 0 aliphatic rings. The summed E-state index contributed by atoms with van der Waals surface area (Å²) in [6, 6.07) is 19.9. The highest BCUT2D eigenvalue weighted by Gasteiger charge is 2.14. The van der Waals surface area contributed by atoms with E-state index in [4.69, 9.17) is 25.9 Å². The van der Waals surface area contributed by atoms with Crippen LogP contribution in [0.25, 0.3) is 0 Å². The number of ether oxygens (including phenoxy) is 2. The highest BCUT2D eigenvalue weighted by atomic mass is 16.5. The predicted molar refractivity (Wildman–Crippen MR) is 106 cm³/mol. The van der Waals surface area contributed by atoms with E-state index in [1.807, 2.05) is 60.7 Å². The standard InChI is InChI=1S/C20H26N4O2/c21-11-13-26-16-24-20(18-9-5-2-6-10-18)19(23-12-14-25-15-22)17-7-3-1-4-8-17/h1-10H,11-16,21-22H2/b23-19?,24-20+. The van der Waals surface area contributed by atoms with E-state index in [1.54, 1.807) is 0 Å². The summed E-state index contributed by atoms with van der Waals surface area (Å²) in [5.41, 5.74) is 14.4. The van der Waals surface area contributed by atoms with E-state index in [0.717, 1.165) is 22.6 Å². The van der Waals surface area contributed by atoms with Gasteiger partial charge in [-0.05, 0) is 0 Å². The second kappa shape index (κ2) is 12.1. The SMILES string of the molecule is NCCOC/N=C(/C(=NCCOCN)c1ccccc1)c1ccccc1. The van der Waals surface area contributed by atoms with Crippen LogP contribution in [0.4, 0.5) is 0 Å². The van der Waals surface area contributed by atoms with Gasteiger partial charge in [0.1, 0.15) is 6.73 Å². The van der Waals surface area contributed by atoms with E-state index in [0.29, 0.717) is 26.3 Å². The summed E-state index contributed by atoms with van der Waals surface area (Å²) in [7, 11) is 0. The second-order valence-corrected chi connectivity index (χ2v) is 5.37. The monoisotopic (exact) mass is 354 g/mol. The molecule has 0 radical (unpaired) electrons. The second-order valence-electron chi connectivity index (χ2n) is 5.37. The Kier molecular flexibility index (Phi) is 9.24. The van der Waals surface area contributed by atoms with Crippen molar-refractivity contribution in [2.75, 3.05) is 39.8 Å². The van der Waals surface area contributed by atoms with Crippen LogP contribution in [-0.2, 0) is 9.47 Å². The van der Waals surface area contributed by atoms with Crippen molar-refractivity contribution >= 4 is 11.4 Å². The van der Waals surface area contributed by atoms with Gasteiger partial charge < -0.3 is 20.9 Å². The number of hydrogen-bond donors (Lipinski definition) is 2. The molecule has 26 heavy (non-hydrogen) atoms. The zero-order valence-electron chi connectivity index (χ0n) is 14.9. The van der Waals surface area contributed by atoms with Gasteiger partial charge in [-0.25, -0.2) is 0 Å². The summed E-state index contributed by atoms with van der Waals surface area (Å²) in [6.07, 6.45) is 0. The Balaban J connectivity index is 2.36. The number of nitrogens with two attached hydrogens (primary N) is 2. The fourth-order valence-corrected chi connectivity index (χ4v) is 2.36. The lowest BCUT2D eigenvalue weighted by Crippen LogP contribution is -2.20. The molecular formula is C20H26N4O2. The Morgan fingerprint density at radius 1 is 0.731 bits per heavy atom. The van der Waals surface area contributed by atoms with Crippen molar-refractivity contribution in [2.45, 2.75) is 0 Å². The van der Waals surface area contributed by atoms with Gasteiger partial charge in [-0.1, -0.05) is 60.7 Å². The van der Waals surface area contributed by atoms with Crippen LogP contribution in [0.15, 0.2) is 70.6 Å². The Labute approximate surface area is 154 Å². The molecule has 0 unspecified atom stereocenters. The average molecular weight is 354 g/mol. The molecule has 2 rings (SSSR count). The number of nitrogens with zero attached hydrogens (tertiary/aromatic N) is 2. The van der Waals surface area contributed by atoms with Crippen molar-refractivity contribution in [2.24, 2.45) is 21.5 Å². The number of aliphatic imine (C=N–C) groups is 2. The van der Waals surface area contributed by atoms with Crippen molar-refractivity contribution in [3.8, 4) is 0 Å². The summed E-state index contributed by atoms with van der Waals surface area (Å²) < 4.78 is 10.7. The summed E-state index contributed by atoms with van der Waals surface area (Å²) >= 11 is 0. The van der Waals surface area contributed by atoms with Crippen LogP contribution < -0.4 is 11.5 Å². The molecule has 0 aromatic heterocycles. The Hall–Kier alpha value is -2.38. The van der Waals surface area contributed by atoms with E-state index < -0.39 is 0 Å². The first-order chi connectivity index (χ1) is 12.9. The average Bonchev–Trinajstić information content (AvgIpc) is 2.70. The van der Waals surface area contributed by atoms with Gasteiger partial charge in [0, 0.05) is 17.7 Å². The summed E-state index contributed by atoms with van der Waals surface area (Å²) in [6.45, 7) is 2.30. The zero-order valence-corrected chi connectivity index (χ0v) is 14.9. The van der Waals surface area contributed by atoms with E-state index in [1.165, 1.54) is 0 Å². The van der Waals surface area contributed by atoms with Crippen LogP contribution in [0.3, 0.4) is 0 Å². The van der Waals surface area contributed by atoms with Gasteiger partial charge in [0.2, 0.25) is 0 Å². The fraction of sp³-hybridized carbons (Fsp3) is 0.300. The molecule has 0 fully saturated rings. The van der Waals surface area contributed by atoms with Crippen LogP contribution in [0, 0.1) is 0 Å². The van der Waals surface area contributed by atoms with Gasteiger partial charge >= 0.3 is 0 Å². The molecule has 4 N–H and O–H groups in total. The van der Waals surface area contributed by atoms with Gasteiger partial charge in [0.05, 0.1) is 37.9 Å². The molecule has 0 saturated carbocycles. The van der Waals surface area contributed by atoms with Crippen LogP contribution in [0.1, 0.15) is 11.1 Å². The third kappa shape index (κ3) is 6.50.